The fourth-order valence-corrected chi connectivity index (χ4v) is 7.10. The van der Waals surface area contributed by atoms with Crippen LogP contribution in [0.4, 0.5) is 13.2 Å². The van der Waals surface area contributed by atoms with Gasteiger partial charge in [-0.1, -0.05) is 24.3 Å². The Balaban J connectivity index is 1.61. The zero-order valence-electron chi connectivity index (χ0n) is 20.9. The quantitative estimate of drug-likeness (QED) is 0.277. The van der Waals surface area contributed by atoms with Crippen LogP contribution >= 0.6 is 23.2 Å². The summed E-state index contributed by atoms with van der Waals surface area (Å²) < 4.78 is 46.4. The fraction of sp³-hybridized carbons (Fsp3) is 0.308. The van der Waals surface area contributed by atoms with Crippen LogP contribution in [-0.2, 0) is 16.1 Å². The molecule has 6 rings (SSSR count). The van der Waals surface area contributed by atoms with Crippen molar-refractivity contribution in [3.05, 3.63) is 86.7 Å². The number of fused-ring (bicyclic) bond motifs is 4. The van der Waals surface area contributed by atoms with Gasteiger partial charge in [-0.05, 0) is 35.9 Å². The SMILES string of the molecule is CN1C(=O)[C@]2(Cl)C[C@@H]3C(=CCn4c(=O)n(-c5ccccc5)c(=O)n43)[C@H](c3cc(OC(F)(F)F)ccc3O)[C@]2(Cl)C1=O. The van der Waals surface area contributed by atoms with Crippen LogP contribution in [0.15, 0.2) is 69.8 Å². The molecule has 1 saturated carbocycles. The van der Waals surface area contributed by atoms with Gasteiger partial charge in [0.25, 0.3) is 11.8 Å². The molecule has 1 aromatic heterocycles. The zero-order valence-corrected chi connectivity index (χ0v) is 22.4. The van der Waals surface area contributed by atoms with Gasteiger partial charge in [0.15, 0.2) is 9.75 Å². The number of nitrogens with zero attached hydrogens (tertiary/aromatic N) is 4. The Morgan fingerprint density at radius 2 is 1.68 bits per heavy atom. The molecule has 0 bridgehead atoms. The van der Waals surface area contributed by atoms with Crippen LogP contribution < -0.4 is 16.1 Å². The summed E-state index contributed by atoms with van der Waals surface area (Å²) in [7, 11) is 1.16. The number of aromatic nitrogens is 3. The van der Waals surface area contributed by atoms with Crippen molar-refractivity contribution >= 4 is 35.0 Å². The molecule has 0 unspecified atom stereocenters. The molecule has 214 valence electrons. The van der Waals surface area contributed by atoms with E-state index < -0.39 is 69.2 Å². The maximum atomic E-state index is 13.7. The Labute approximate surface area is 238 Å². The van der Waals surface area contributed by atoms with Crippen LogP contribution in [0.5, 0.6) is 11.5 Å². The third-order valence-electron chi connectivity index (χ3n) is 7.84. The van der Waals surface area contributed by atoms with E-state index >= 15 is 0 Å². The first kappa shape index (κ1) is 27.2. The minimum atomic E-state index is -5.08. The van der Waals surface area contributed by atoms with Crippen molar-refractivity contribution < 1.29 is 32.6 Å². The van der Waals surface area contributed by atoms with Crippen LogP contribution in [0, 0.1) is 0 Å². The van der Waals surface area contributed by atoms with Crippen molar-refractivity contribution in [2.24, 2.45) is 0 Å². The number of hydrogen-bond acceptors (Lipinski definition) is 6. The summed E-state index contributed by atoms with van der Waals surface area (Å²) in [4.78, 5) is 50.3. The highest BCUT2D eigenvalue weighted by atomic mass is 35.5. The van der Waals surface area contributed by atoms with Gasteiger partial charge in [-0.3, -0.25) is 14.5 Å². The van der Waals surface area contributed by atoms with E-state index in [4.69, 9.17) is 23.2 Å². The second-order valence-corrected chi connectivity index (χ2v) is 11.2. The lowest BCUT2D eigenvalue weighted by Gasteiger charge is -2.49. The summed E-state index contributed by atoms with van der Waals surface area (Å²) in [5.74, 6) is -4.63. The molecule has 4 atom stereocenters. The number of hydrogen-bond donors (Lipinski definition) is 1. The molecule has 2 amide bonds. The number of para-hydroxylation sites is 1. The molecule has 10 nitrogen and oxygen atoms in total. The first-order valence-electron chi connectivity index (χ1n) is 12.2. The van der Waals surface area contributed by atoms with Crippen molar-refractivity contribution in [3.63, 3.8) is 0 Å². The van der Waals surface area contributed by atoms with Gasteiger partial charge in [0, 0.05) is 24.9 Å². The lowest BCUT2D eigenvalue weighted by Crippen LogP contribution is -2.59. The van der Waals surface area contributed by atoms with Gasteiger partial charge >= 0.3 is 17.7 Å². The second-order valence-electron chi connectivity index (χ2n) is 9.97. The third-order valence-corrected chi connectivity index (χ3v) is 9.25. The van der Waals surface area contributed by atoms with Crippen molar-refractivity contribution in [3.8, 4) is 17.2 Å². The van der Waals surface area contributed by atoms with Gasteiger partial charge in [-0.25, -0.2) is 23.5 Å². The number of imide groups is 1. The normalized spacial score (nSPS) is 27.3. The summed E-state index contributed by atoms with van der Waals surface area (Å²) in [5, 5.41) is 10.9. The second kappa shape index (κ2) is 8.76. The number of halogens is 5. The fourth-order valence-electron chi connectivity index (χ4n) is 6.11. The summed E-state index contributed by atoms with van der Waals surface area (Å²) in [6, 6.07) is 9.59. The maximum Gasteiger partial charge on any atom is 0.573 e. The van der Waals surface area contributed by atoms with Crippen LogP contribution in [0.1, 0.15) is 23.9 Å². The molecular weight excluding hydrogens is 592 g/mol. The van der Waals surface area contributed by atoms with Crippen molar-refractivity contribution in [1.82, 2.24) is 18.8 Å². The number of rotatable bonds is 3. The number of likely N-dealkylation sites (tertiary alicyclic amines) is 1. The van der Waals surface area contributed by atoms with E-state index in [1.807, 2.05) is 0 Å². The number of phenols is 1. The molecule has 0 radical (unpaired) electrons. The smallest absolute Gasteiger partial charge is 0.508 e. The highest BCUT2D eigenvalue weighted by molar-refractivity contribution is 6.53. The Morgan fingerprint density at radius 1 is 1.00 bits per heavy atom. The number of carbonyl (C=O) groups is 2. The molecule has 1 aliphatic carbocycles. The van der Waals surface area contributed by atoms with Gasteiger partial charge in [0.2, 0.25) is 0 Å². The van der Waals surface area contributed by atoms with Crippen molar-refractivity contribution in [2.75, 3.05) is 7.05 Å². The minimum Gasteiger partial charge on any atom is -0.508 e. The molecule has 3 aliphatic rings. The van der Waals surface area contributed by atoms with Crippen LogP contribution in [-0.4, -0.2) is 58.9 Å². The van der Waals surface area contributed by atoms with E-state index in [0.717, 1.165) is 39.2 Å². The molecule has 2 aliphatic heterocycles. The average Bonchev–Trinajstić information content (AvgIpc) is 3.24. The average molecular weight is 611 g/mol. The molecule has 41 heavy (non-hydrogen) atoms. The predicted molar refractivity (Wildman–Crippen MR) is 139 cm³/mol. The molecule has 3 heterocycles. The summed E-state index contributed by atoms with van der Waals surface area (Å²) in [6.07, 6.45) is -3.99. The molecule has 1 saturated heterocycles. The molecule has 1 N–H and O–H groups in total. The number of aromatic hydroxyl groups is 1. The number of ether oxygens (including phenoxy) is 1. The zero-order chi connectivity index (χ0) is 29.6. The summed E-state index contributed by atoms with van der Waals surface area (Å²) in [5.41, 5.74) is -1.26. The van der Waals surface area contributed by atoms with E-state index in [1.54, 1.807) is 30.3 Å². The number of carbonyl (C=O) groups excluding carboxylic acids is 2. The van der Waals surface area contributed by atoms with Crippen LogP contribution in [0.25, 0.3) is 5.69 Å². The minimum absolute atomic E-state index is 0.185. The van der Waals surface area contributed by atoms with Gasteiger partial charge in [-0.2, -0.15) is 0 Å². The number of alkyl halides is 5. The predicted octanol–water partition coefficient (Wildman–Crippen LogP) is 3.03. The molecule has 0 spiro atoms. The summed E-state index contributed by atoms with van der Waals surface area (Å²) >= 11 is 13.9. The van der Waals surface area contributed by atoms with Crippen molar-refractivity contribution in [2.45, 2.75) is 41.0 Å². The number of phenolic OH excluding ortho intramolecular Hbond substituents is 1. The lowest BCUT2D eigenvalue weighted by atomic mass is 9.64. The Hall–Kier alpha value is -3.97. The first-order chi connectivity index (χ1) is 19.2. The van der Waals surface area contributed by atoms with E-state index in [2.05, 4.69) is 4.74 Å². The largest absolute Gasteiger partial charge is 0.573 e. The molecular formula is C26H19Cl2F3N4O6. The Bertz CT molecular complexity index is 1780. The van der Waals surface area contributed by atoms with E-state index in [0.29, 0.717) is 4.90 Å². The highest BCUT2D eigenvalue weighted by Gasteiger charge is 2.75. The molecule has 15 heteroatoms. The van der Waals surface area contributed by atoms with Gasteiger partial charge in [-0.15, -0.1) is 36.4 Å². The molecule has 2 fully saturated rings. The lowest BCUT2D eigenvalue weighted by molar-refractivity contribution is -0.274. The Kier molecular flexibility index (Phi) is 5.82. The van der Waals surface area contributed by atoms with Crippen LogP contribution in [0.3, 0.4) is 0 Å². The maximum absolute atomic E-state index is 13.7. The van der Waals surface area contributed by atoms with E-state index in [1.165, 1.54) is 6.08 Å². The topological polar surface area (TPSA) is 116 Å². The first-order valence-corrected chi connectivity index (χ1v) is 12.9. The van der Waals surface area contributed by atoms with Gasteiger partial charge in [0.1, 0.15) is 11.5 Å². The monoisotopic (exact) mass is 610 g/mol. The van der Waals surface area contributed by atoms with E-state index in [9.17, 15) is 37.5 Å². The number of benzene rings is 2. The number of amides is 2. The molecule has 3 aromatic rings. The van der Waals surface area contributed by atoms with Gasteiger partial charge < -0.3 is 9.84 Å². The van der Waals surface area contributed by atoms with Crippen molar-refractivity contribution in [1.29, 1.82) is 0 Å². The number of allylic oxidation sites excluding steroid dienone is 2. The summed E-state index contributed by atoms with van der Waals surface area (Å²) in [6.45, 7) is -0.185. The van der Waals surface area contributed by atoms with Gasteiger partial charge in [0.05, 0.1) is 18.3 Å². The third kappa shape index (κ3) is 3.64. The van der Waals surface area contributed by atoms with Crippen LogP contribution in [0.2, 0.25) is 0 Å². The van der Waals surface area contributed by atoms with E-state index in [-0.39, 0.29) is 23.4 Å². The molecule has 2 aromatic carbocycles. The standard InChI is InChI=1S/C26H19Cl2F3N4O6/c1-32-20(37)24(27)12-17-15(9-10-33-22(39)34(23(40)35(17)33)13-5-3-2-4-6-13)19(25(24,28)21(32)38)16-11-14(7-8-18(16)36)41-26(29,30)31/h2-9,11,17,19,36H,10,12H2,1H3/t17-,19-,24-,25+/m1/s1. The highest BCUT2D eigenvalue weighted by Crippen LogP contribution is 2.64. The Morgan fingerprint density at radius 3 is 2.34 bits per heavy atom.